The number of halogens is 1. The molecule has 1 aliphatic heterocycles. The standard InChI is InChI=1S/C17H23ClN2O3/c1-3-20(13-7-9-23-10-8-13)17(22)11-16(21)19-15-6-4-5-14(18)12(15)2/h4-6,13H,3,7-11H2,1-2H3,(H,19,21). The molecule has 1 aliphatic rings. The van der Waals surface area contributed by atoms with Crippen LogP contribution in [0.4, 0.5) is 5.69 Å². The van der Waals surface area contributed by atoms with Crippen LogP contribution >= 0.6 is 11.6 Å². The summed E-state index contributed by atoms with van der Waals surface area (Å²) in [5, 5.41) is 3.36. The van der Waals surface area contributed by atoms with Gasteiger partial charge in [-0.1, -0.05) is 17.7 Å². The Labute approximate surface area is 141 Å². The number of benzene rings is 1. The highest BCUT2D eigenvalue weighted by Gasteiger charge is 2.25. The Morgan fingerprint density at radius 1 is 1.35 bits per heavy atom. The van der Waals surface area contributed by atoms with Gasteiger partial charge in [0.25, 0.3) is 0 Å². The van der Waals surface area contributed by atoms with Crippen LogP contribution < -0.4 is 5.32 Å². The van der Waals surface area contributed by atoms with Crippen LogP contribution in [0.2, 0.25) is 5.02 Å². The van der Waals surface area contributed by atoms with E-state index in [-0.39, 0.29) is 24.3 Å². The molecule has 126 valence electrons. The van der Waals surface area contributed by atoms with Gasteiger partial charge in [-0.15, -0.1) is 0 Å². The van der Waals surface area contributed by atoms with Crippen molar-refractivity contribution in [2.75, 3.05) is 25.1 Å². The van der Waals surface area contributed by atoms with E-state index in [0.29, 0.717) is 30.5 Å². The molecule has 0 spiro atoms. The molecule has 1 heterocycles. The third kappa shape index (κ3) is 4.69. The lowest BCUT2D eigenvalue weighted by atomic mass is 10.1. The first-order valence-corrected chi connectivity index (χ1v) is 8.33. The maximum absolute atomic E-state index is 12.4. The summed E-state index contributed by atoms with van der Waals surface area (Å²) in [6, 6.07) is 5.48. The molecule has 0 aliphatic carbocycles. The zero-order valence-corrected chi connectivity index (χ0v) is 14.4. The van der Waals surface area contributed by atoms with E-state index >= 15 is 0 Å². The van der Waals surface area contributed by atoms with Gasteiger partial charge in [-0.05, 0) is 44.4 Å². The van der Waals surface area contributed by atoms with Crippen molar-refractivity contribution in [2.24, 2.45) is 0 Å². The third-order valence-electron chi connectivity index (χ3n) is 4.15. The molecule has 0 unspecified atom stereocenters. The molecule has 1 N–H and O–H groups in total. The fourth-order valence-electron chi connectivity index (χ4n) is 2.81. The lowest BCUT2D eigenvalue weighted by Crippen LogP contribution is -2.44. The van der Waals surface area contributed by atoms with Crippen molar-refractivity contribution in [1.82, 2.24) is 4.90 Å². The van der Waals surface area contributed by atoms with E-state index in [0.717, 1.165) is 18.4 Å². The monoisotopic (exact) mass is 338 g/mol. The highest BCUT2D eigenvalue weighted by atomic mass is 35.5. The maximum atomic E-state index is 12.4. The molecule has 1 saturated heterocycles. The quantitative estimate of drug-likeness (QED) is 0.840. The molecule has 0 saturated carbocycles. The first kappa shape index (κ1) is 17.8. The molecular formula is C17H23ClN2O3. The van der Waals surface area contributed by atoms with Crippen molar-refractivity contribution < 1.29 is 14.3 Å². The van der Waals surface area contributed by atoms with Crippen molar-refractivity contribution in [1.29, 1.82) is 0 Å². The number of ether oxygens (including phenoxy) is 1. The van der Waals surface area contributed by atoms with E-state index in [2.05, 4.69) is 5.32 Å². The van der Waals surface area contributed by atoms with Crippen LogP contribution in [0.3, 0.4) is 0 Å². The minimum Gasteiger partial charge on any atom is -0.381 e. The fourth-order valence-corrected chi connectivity index (χ4v) is 2.99. The average molecular weight is 339 g/mol. The molecule has 0 atom stereocenters. The number of carbonyl (C=O) groups is 2. The molecule has 1 aromatic carbocycles. The number of nitrogens with zero attached hydrogens (tertiary/aromatic N) is 1. The zero-order chi connectivity index (χ0) is 16.8. The predicted octanol–water partition coefficient (Wildman–Crippen LogP) is 3.00. The Kier molecular flexibility index (Phi) is 6.42. The molecule has 5 nitrogen and oxygen atoms in total. The predicted molar refractivity (Wildman–Crippen MR) is 90.7 cm³/mol. The molecule has 2 amide bonds. The van der Waals surface area contributed by atoms with Crippen LogP contribution in [0.15, 0.2) is 18.2 Å². The number of hydrogen-bond acceptors (Lipinski definition) is 3. The van der Waals surface area contributed by atoms with Crippen molar-refractivity contribution in [3.8, 4) is 0 Å². The summed E-state index contributed by atoms with van der Waals surface area (Å²) in [6.45, 7) is 5.71. The smallest absolute Gasteiger partial charge is 0.233 e. The number of nitrogens with one attached hydrogen (secondary N) is 1. The van der Waals surface area contributed by atoms with Crippen molar-refractivity contribution in [2.45, 2.75) is 39.2 Å². The highest BCUT2D eigenvalue weighted by Crippen LogP contribution is 2.23. The average Bonchev–Trinajstić information content (AvgIpc) is 2.53. The van der Waals surface area contributed by atoms with Gasteiger partial charge in [0.05, 0.1) is 0 Å². The van der Waals surface area contributed by atoms with E-state index in [1.807, 2.05) is 13.8 Å². The zero-order valence-electron chi connectivity index (χ0n) is 13.6. The van der Waals surface area contributed by atoms with Crippen molar-refractivity contribution in [3.05, 3.63) is 28.8 Å². The number of anilines is 1. The molecule has 1 aromatic rings. The second-order valence-electron chi connectivity index (χ2n) is 5.66. The van der Waals surface area contributed by atoms with Crippen LogP contribution in [-0.2, 0) is 14.3 Å². The van der Waals surface area contributed by atoms with E-state index in [9.17, 15) is 9.59 Å². The van der Waals surface area contributed by atoms with Gasteiger partial charge in [0, 0.05) is 36.5 Å². The van der Waals surface area contributed by atoms with E-state index in [1.54, 1.807) is 23.1 Å². The third-order valence-corrected chi connectivity index (χ3v) is 4.56. The highest BCUT2D eigenvalue weighted by molar-refractivity contribution is 6.31. The molecule has 0 radical (unpaired) electrons. The number of hydrogen-bond donors (Lipinski definition) is 1. The molecule has 0 aromatic heterocycles. The Morgan fingerprint density at radius 3 is 2.70 bits per heavy atom. The van der Waals surface area contributed by atoms with Gasteiger partial charge in [-0.25, -0.2) is 0 Å². The largest absolute Gasteiger partial charge is 0.381 e. The van der Waals surface area contributed by atoms with E-state index < -0.39 is 0 Å². The van der Waals surface area contributed by atoms with Gasteiger partial charge in [-0.3, -0.25) is 9.59 Å². The lowest BCUT2D eigenvalue weighted by molar-refractivity contribution is -0.137. The van der Waals surface area contributed by atoms with Crippen LogP contribution in [0, 0.1) is 6.92 Å². The Bertz CT molecular complexity index is 571. The normalized spacial score (nSPS) is 15.3. The molecule has 6 heteroatoms. The minimum atomic E-state index is -0.314. The van der Waals surface area contributed by atoms with Crippen LogP contribution in [0.25, 0.3) is 0 Å². The number of rotatable bonds is 5. The summed E-state index contributed by atoms with van der Waals surface area (Å²) < 4.78 is 5.33. The number of carbonyl (C=O) groups excluding carboxylic acids is 2. The van der Waals surface area contributed by atoms with Gasteiger partial charge in [0.15, 0.2) is 0 Å². The fraction of sp³-hybridized carbons (Fsp3) is 0.529. The van der Waals surface area contributed by atoms with Gasteiger partial charge < -0.3 is 15.0 Å². The van der Waals surface area contributed by atoms with Crippen LogP contribution in [0.5, 0.6) is 0 Å². The van der Waals surface area contributed by atoms with Crippen LogP contribution in [0.1, 0.15) is 31.7 Å². The maximum Gasteiger partial charge on any atom is 0.233 e. The Hall–Kier alpha value is -1.59. The lowest BCUT2D eigenvalue weighted by Gasteiger charge is -2.33. The second-order valence-corrected chi connectivity index (χ2v) is 6.07. The summed E-state index contributed by atoms with van der Waals surface area (Å²) >= 11 is 6.04. The van der Waals surface area contributed by atoms with E-state index in [4.69, 9.17) is 16.3 Å². The summed E-state index contributed by atoms with van der Waals surface area (Å²) in [7, 11) is 0. The Morgan fingerprint density at radius 2 is 2.04 bits per heavy atom. The molecule has 0 bridgehead atoms. The second kappa shape index (κ2) is 8.31. The summed E-state index contributed by atoms with van der Waals surface area (Å²) in [5.41, 5.74) is 1.44. The van der Waals surface area contributed by atoms with Crippen molar-refractivity contribution in [3.63, 3.8) is 0 Å². The van der Waals surface area contributed by atoms with Crippen molar-refractivity contribution >= 4 is 29.1 Å². The van der Waals surface area contributed by atoms with Gasteiger partial charge in [0.1, 0.15) is 6.42 Å². The molecule has 23 heavy (non-hydrogen) atoms. The first-order chi connectivity index (χ1) is 11.0. The van der Waals surface area contributed by atoms with E-state index in [1.165, 1.54) is 0 Å². The van der Waals surface area contributed by atoms with Gasteiger partial charge >= 0.3 is 0 Å². The number of amides is 2. The summed E-state index contributed by atoms with van der Waals surface area (Å²) in [6.07, 6.45) is 1.50. The van der Waals surface area contributed by atoms with Crippen LogP contribution in [-0.4, -0.2) is 42.5 Å². The first-order valence-electron chi connectivity index (χ1n) is 7.95. The summed E-state index contributed by atoms with van der Waals surface area (Å²) in [5.74, 6) is -0.456. The molecule has 1 fully saturated rings. The SMILES string of the molecule is CCN(C(=O)CC(=O)Nc1cccc(Cl)c1C)C1CCOCC1. The van der Waals surface area contributed by atoms with Gasteiger partial charge in [0.2, 0.25) is 11.8 Å². The topological polar surface area (TPSA) is 58.6 Å². The van der Waals surface area contributed by atoms with Gasteiger partial charge in [-0.2, -0.15) is 0 Å². The minimum absolute atomic E-state index is 0.142. The Balaban J connectivity index is 1.95. The molecular weight excluding hydrogens is 316 g/mol. The summed E-state index contributed by atoms with van der Waals surface area (Å²) in [4.78, 5) is 26.4. The molecule has 2 rings (SSSR count).